The average Bonchev–Trinajstić information content (AvgIpc) is 2.79. The van der Waals surface area contributed by atoms with E-state index in [9.17, 15) is 5.11 Å². The third-order valence-corrected chi connectivity index (χ3v) is 3.04. The van der Waals surface area contributed by atoms with Crippen molar-refractivity contribution in [2.75, 3.05) is 0 Å². The molecule has 0 aliphatic rings. The molecule has 0 amide bonds. The van der Waals surface area contributed by atoms with Crippen molar-refractivity contribution in [2.24, 2.45) is 0 Å². The van der Waals surface area contributed by atoms with Gasteiger partial charge in [-0.15, -0.1) is 0 Å². The highest BCUT2D eigenvalue weighted by Gasteiger charge is 2.00. The van der Waals surface area contributed by atoms with Crippen LogP contribution in [0.3, 0.4) is 0 Å². The molecule has 3 nitrogen and oxygen atoms in total. The van der Waals surface area contributed by atoms with Crippen molar-refractivity contribution >= 4 is 0 Å². The van der Waals surface area contributed by atoms with E-state index >= 15 is 0 Å². The molecule has 0 spiro atoms. The third-order valence-electron chi connectivity index (χ3n) is 3.04. The van der Waals surface area contributed by atoms with E-state index in [4.69, 9.17) is 0 Å². The normalized spacial score (nSPS) is 10.6. The number of aromatic amines is 1. The molecule has 17 heavy (non-hydrogen) atoms. The summed E-state index contributed by atoms with van der Waals surface area (Å²) in [6.07, 6.45) is 8.31. The monoisotopic (exact) mass is 230 g/mol. The molecule has 0 aliphatic heterocycles. The van der Waals surface area contributed by atoms with Gasteiger partial charge in [0.1, 0.15) is 5.75 Å². The second kappa shape index (κ2) is 5.53. The molecule has 3 heteroatoms. The van der Waals surface area contributed by atoms with Crippen molar-refractivity contribution < 1.29 is 5.11 Å². The van der Waals surface area contributed by atoms with Crippen molar-refractivity contribution in [3.05, 3.63) is 47.3 Å². The molecular formula is C14H18N2O. The highest BCUT2D eigenvalue weighted by Crippen LogP contribution is 2.17. The van der Waals surface area contributed by atoms with E-state index in [0.29, 0.717) is 5.75 Å². The minimum absolute atomic E-state index is 0.352. The zero-order valence-corrected chi connectivity index (χ0v) is 10.1. The Bertz CT molecular complexity index is 463. The summed E-state index contributed by atoms with van der Waals surface area (Å²) in [5, 5.41) is 16.1. The molecule has 0 saturated carbocycles. The number of hydrogen-bond acceptors (Lipinski definition) is 2. The molecule has 0 fully saturated rings. The van der Waals surface area contributed by atoms with Gasteiger partial charge in [-0.1, -0.05) is 6.07 Å². The van der Waals surface area contributed by atoms with E-state index in [0.717, 1.165) is 19.3 Å². The summed E-state index contributed by atoms with van der Waals surface area (Å²) in [4.78, 5) is 0. The second-order valence-corrected chi connectivity index (χ2v) is 4.42. The molecule has 2 aromatic rings. The number of nitrogens with one attached hydrogen (secondary N) is 1. The maximum Gasteiger partial charge on any atom is 0.115 e. The van der Waals surface area contributed by atoms with Gasteiger partial charge in [0, 0.05) is 6.20 Å². The van der Waals surface area contributed by atoms with E-state index in [1.165, 1.54) is 23.1 Å². The minimum Gasteiger partial charge on any atom is -0.508 e. The molecule has 0 saturated heterocycles. The first kappa shape index (κ1) is 11.7. The van der Waals surface area contributed by atoms with Crippen molar-refractivity contribution in [1.29, 1.82) is 0 Å². The zero-order valence-electron chi connectivity index (χ0n) is 10.1. The molecule has 1 aromatic carbocycles. The number of phenolic OH excluding ortho intramolecular Hbond substituents is 1. The van der Waals surface area contributed by atoms with Gasteiger partial charge in [-0.2, -0.15) is 5.10 Å². The SMILES string of the molecule is Cc1cc(O)ccc1CCCCc1cn[nH]c1. The number of rotatable bonds is 5. The number of unbranched alkanes of at least 4 members (excludes halogenated alkanes) is 1. The van der Waals surface area contributed by atoms with Crippen LogP contribution in [0.25, 0.3) is 0 Å². The Morgan fingerprint density at radius 1 is 1.24 bits per heavy atom. The smallest absolute Gasteiger partial charge is 0.115 e. The highest BCUT2D eigenvalue weighted by molar-refractivity contribution is 5.33. The summed E-state index contributed by atoms with van der Waals surface area (Å²) < 4.78 is 0. The lowest BCUT2D eigenvalue weighted by molar-refractivity contribution is 0.474. The van der Waals surface area contributed by atoms with Gasteiger partial charge < -0.3 is 5.11 Å². The van der Waals surface area contributed by atoms with E-state index in [2.05, 4.69) is 10.2 Å². The Morgan fingerprint density at radius 3 is 2.76 bits per heavy atom. The number of benzene rings is 1. The Balaban J connectivity index is 1.78. The zero-order chi connectivity index (χ0) is 12.1. The van der Waals surface area contributed by atoms with Gasteiger partial charge in [0.2, 0.25) is 0 Å². The van der Waals surface area contributed by atoms with Crippen LogP contribution < -0.4 is 0 Å². The summed E-state index contributed by atoms with van der Waals surface area (Å²) >= 11 is 0. The molecule has 1 aromatic heterocycles. The van der Waals surface area contributed by atoms with Crippen LogP contribution >= 0.6 is 0 Å². The van der Waals surface area contributed by atoms with Gasteiger partial charge in [-0.25, -0.2) is 0 Å². The maximum atomic E-state index is 9.32. The fourth-order valence-electron chi connectivity index (χ4n) is 2.02. The van der Waals surface area contributed by atoms with Crippen molar-refractivity contribution in [3.8, 4) is 5.75 Å². The van der Waals surface area contributed by atoms with Crippen molar-refractivity contribution in [3.63, 3.8) is 0 Å². The van der Waals surface area contributed by atoms with Crippen molar-refractivity contribution in [1.82, 2.24) is 10.2 Å². The number of aryl methyl sites for hydroxylation is 3. The van der Waals surface area contributed by atoms with Gasteiger partial charge in [0.05, 0.1) is 6.20 Å². The van der Waals surface area contributed by atoms with Crippen LogP contribution in [-0.4, -0.2) is 15.3 Å². The maximum absolute atomic E-state index is 9.32. The Kier molecular flexibility index (Phi) is 3.81. The van der Waals surface area contributed by atoms with Crippen LogP contribution in [0, 0.1) is 6.92 Å². The average molecular weight is 230 g/mol. The fraction of sp³-hybridized carbons (Fsp3) is 0.357. The lowest BCUT2D eigenvalue weighted by Crippen LogP contribution is -1.91. The number of H-pyrrole nitrogens is 1. The molecule has 0 radical (unpaired) electrons. The van der Waals surface area contributed by atoms with Gasteiger partial charge in [0.15, 0.2) is 0 Å². The second-order valence-electron chi connectivity index (χ2n) is 4.42. The topological polar surface area (TPSA) is 48.9 Å². The molecule has 0 atom stereocenters. The van der Waals surface area contributed by atoms with Crippen LogP contribution in [0.4, 0.5) is 0 Å². The highest BCUT2D eigenvalue weighted by atomic mass is 16.3. The van der Waals surface area contributed by atoms with Crippen molar-refractivity contribution in [2.45, 2.75) is 32.6 Å². The van der Waals surface area contributed by atoms with Crippen LogP contribution in [0.5, 0.6) is 5.75 Å². The van der Waals surface area contributed by atoms with E-state index in [1.807, 2.05) is 31.5 Å². The van der Waals surface area contributed by atoms with Crippen LogP contribution in [0.1, 0.15) is 29.5 Å². The van der Waals surface area contributed by atoms with Gasteiger partial charge in [-0.3, -0.25) is 5.10 Å². The number of nitrogens with zero attached hydrogens (tertiary/aromatic N) is 1. The predicted octanol–water partition coefficient (Wildman–Crippen LogP) is 2.99. The van der Waals surface area contributed by atoms with E-state index in [1.54, 1.807) is 6.07 Å². The lowest BCUT2D eigenvalue weighted by Gasteiger charge is -2.05. The molecule has 90 valence electrons. The molecule has 0 aliphatic carbocycles. The van der Waals surface area contributed by atoms with E-state index in [-0.39, 0.29) is 0 Å². The largest absolute Gasteiger partial charge is 0.508 e. The minimum atomic E-state index is 0.352. The first-order chi connectivity index (χ1) is 8.25. The summed E-state index contributed by atoms with van der Waals surface area (Å²) in [5.41, 5.74) is 3.77. The molecule has 2 N–H and O–H groups in total. The molecule has 1 heterocycles. The fourth-order valence-corrected chi connectivity index (χ4v) is 2.02. The van der Waals surface area contributed by atoms with Crippen LogP contribution in [0.2, 0.25) is 0 Å². The number of aromatic nitrogens is 2. The summed E-state index contributed by atoms with van der Waals surface area (Å²) in [6.45, 7) is 2.05. The number of aromatic hydroxyl groups is 1. The first-order valence-electron chi connectivity index (χ1n) is 6.02. The number of phenols is 1. The summed E-state index contributed by atoms with van der Waals surface area (Å²) in [7, 11) is 0. The van der Waals surface area contributed by atoms with Gasteiger partial charge >= 0.3 is 0 Å². The Hall–Kier alpha value is -1.77. The molecule has 0 bridgehead atoms. The molecular weight excluding hydrogens is 212 g/mol. The predicted molar refractivity (Wildman–Crippen MR) is 68.1 cm³/mol. The third kappa shape index (κ3) is 3.34. The quantitative estimate of drug-likeness (QED) is 0.776. The first-order valence-corrected chi connectivity index (χ1v) is 6.02. The van der Waals surface area contributed by atoms with Crippen LogP contribution in [-0.2, 0) is 12.8 Å². The Morgan fingerprint density at radius 2 is 2.06 bits per heavy atom. The van der Waals surface area contributed by atoms with E-state index < -0.39 is 0 Å². The van der Waals surface area contributed by atoms with Gasteiger partial charge in [-0.05, 0) is 61.4 Å². The Labute approximate surface area is 102 Å². The standard InChI is InChI=1S/C14H18N2O/c1-11-8-14(17)7-6-13(11)5-3-2-4-12-9-15-16-10-12/h6-10,17H,2-5H2,1H3,(H,15,16). The lowest BCUT2D eigenvalue weighted by atomic mass is 10.0. The van der Waals surface area contributed by atoms with Gasteiger partial charge in [0.25, 0.3) is 0 Å². The summed E-state index contributed by atoms with van der Waals surface area (Å²) in [5.74, 6) is 0.352. The van der Waals surface area contributed by atoms with Crippen LogP contribution in [0.15, 0.2) is 30.6 Å². The molecule has 0 unspecified atom stereocenters. The summed E-state index contributed by atoms with van der Waals surface area (Å²) in [6, 6.07) is 5.60. The molecule has 2 rings (SSSR count). The number of hydrogen-bond donors (Lipinski definition) is 2.